The number of esters is 1. The van der Waals surface area contributed by atoms with Crippen LogP contribution in [0.4, 0.5) is 10.8 Å². The van der Waals surface area contributed by atoms with Crippen LogP contribution >= 0.6 is 24.0 Å². The van der Waals surface area contributed by atoms with E-state index < -0.39 is 21.5 Å². The van der Waals surface area contributed by atoms with Gasteiger partial charge in [0.2, 0.25) is 4.87 Å². The lowest BCUT2D eigenvalue weighted by Gasteiger charge is -2.26. The summed E-state index contributed by atoms with van der Waals surface area (Å²) in [5.41, 5.74) is 6.90. The minimum Gasteiger partial charge on any atom is -0.466 e. The van der Waals surface area contributed by atoms with Gasteiger partial charge in [-0.3, -0.25) is 0 Å². The largest absolute Gasteiger partial charge is 0.466 e. The molecule has 122 valence electrons. The van der Waals surface area contributed by atoms with Crippen LogP contribution in [0.25, 0.3) is 0 Å². The summed E-state index contributed by atoms with van der Waals surface area (Å²) in [7, 11) is 1.74. The van der Waals surface area contributed by atoms with Gasteiger partial charge in [-0.15, -0.1) is 28.5 Å². The van der Waals surface area contributed by atoms with Crippen molar-refractivity contribution >= 4 is 51.4 Å². The van der Waals surface area contributed by atoms with Gasteiger partial charge in [0.05, 0.1) is 19.9 Å². The summed E-state index contributed by atoms with van der Waals surface area (Å²) < 4.78 is 9.21. The average molecular weight is 370 g/mol. The molecule has 0 aliphatic carbocycles. The number of hydrogen-bond acceptors (Lipinski definition) is 9. The number of methoxy groups -OCH3 is 1. The second kappa shape index (κ2) is 6.11. The Morgan fingerprint density at radius 3 is 2.91 bits per heavy atom. The van der Waals surface area contributed by atoms with Crippen LogP contribution in [0.5, 0.6) is 0 Å². The highest BCUT2D eigenvalue weighted by atomic mass is 32.2. The summed E-state index contributed by atoms with van der Waals surface area (Å²) in [4.78, 5) is 22.2. The highest BCUT2D eigenvalue weighted by Crippen LogP contribution is 2.47. The molecule has 0 saturated carbocycles. The van der Waals surface area contributed by atoms with E-state index in [4.69, 9.17) is 15.3 Å². The molecule has 7 nitrogen and oxygen atoms in total. The van der Waals surface area contributed by atoms with Gasteiger partial charge in [-0.2, -0.15) is 0 Å². The average Bonchev–Trinajstić information content (AvgIpc) is 3.11. The highest BCUT2D eigenvalue weighted by Gasteiger charge is 2.54. The van der Waals surface area contributed by atoms with Crippen LogP contribution < -0.4 is 11.1 Å². The van der Waals surface area contributed by atoms with E-state index in [0.717, 1.165) is 4.90 Å². The Morgan fingerprint density at radius 2 is 2.30 bits per heavy atom. The van der Waals surface area contributed by atoms with Gasteiger partial charge in [-0.1, -0.05) is 6.07 Å². The third kappa shape index (κ3) is 2.42. The quantitative estimate of drug-likeness (QED) is 0.435. The Kier molecular flexibility index (Phi) is 4.32. The van der Waals surface area contributed by atoms with Crippen molar-refractivity contribution in [1.82, 2.24) is 4.98 Å². The van der Waals surface area contributed by atoms with Crippen LogP contribution in [-0.2, 0) is 29.9 Å². The number of thiol groups is 1. The van der Waals surface area contributed by atoms with Gasteiger partial charge in [-0.05, 0) is 12.1 Å². The molecule has 3 rings (SSSR count). The number of fused-ring (bicyclic) bond motifs is 1. The first-order valence-corrected chi connectivity index (χ1v) is 8.94. The number of nitrogens with one attached hydrogen (secondary N) is 1. The normalized spacial score (nSPS) is 22.7. The molecule has 1 aromatic carbocycles. The van der Waals surface area contributed by atoms with Gasteiger partial charge < -0.3 is 15.8 Å². The number of nitrogens with zero attached hydrogens (tertiary/aromatic N) is 2. The fraction of sp³-hybridized carbons (Fsp3) is 0.231. The third-order valence-electron chi connectivity index (χ3n) is 3.31. The number of nitrogen functional groups attached to an aromatic ring is 1. The third-order valence-corrected chi connectivity index (χ3v) is 6.47. The monoisotopic (exact) mass is 370 g/mol. The van der Waals surface area contributed by atoms with E-state index in [9.17, 15) is 4.79 Å². The van der Waals surface area contributed by atoms with Crippen molar-refractivity contribution in [1.29, 1.82) is 0 Å². The first-order valence-electron chi connectivity index (χ1n) is 6.43. The Hall–Kier alpha value is -1.62. The van der Waals surface area contributed by atoms with E-state index in [0.29, 0.717) is 21.4 Å². The molecule has 0 spiro atoms. The molecular weight excluding hydrogens is 356 g/mol. The number of rotatable bonds is 3. The van der Waals surface area contributed by atoms with Crippen LogP contribution in [0.1, 0.15) is 5.69 Å². The molecule has 0 amide bonds. The maximum Gasteiger partial charge on any atom is 0.350 e. The van der Waals surface area contributed by atoms with Gasteiger partial charge in [0.1, 0.15) is 5.69 Å². The Labute approximate surface area is 144 Å². The number of aromatic nitrogens is 1. The summed E-state index contributed by atoms with van der Waals surface area (Å²) in [5, 5.41) is 5.28. The van der Waals surface area contributed by atoms with Crippen LogP contribution in [0.3, 0.4) is 0 Å². The summed E-state index contributed by atoms with van der Waals surface area (Å²) in [6, 6.07) is 5.54. The van der Waals surface area contributed by atoms with Crippen molar-refractivity contribution in [3.63, 3.8) is 0 Å². The molecule has 0 saturated heterocycles. The summed E-state index contributed by atoms with van der Waals surface area (Å²) >= 11 is 5.70. The summed E-state index contributed by atoms with van der Waals surface area (Å²) in [6.07, 6.45) is 0. The van der Waals surface area contributed by atoms with Crippen molar-refractivity contribution in [2.75, 3.05) is 25.3 Å². The van der Waals surface area contributed by atoms with E-state index in [-0.39, 0.29) is 0 Å². The predicted molar refractivity (Wildman–Crippen MR) is 92.6 cm³/mol. The Morgan fingerprint density at radius 1 is 1.52 bits per heavy atom. The zero-order chi connectivity index (χ0) is 16.6. The van der Waals surface area contributed by atoms with Crippen molar-refractivity contribution in [2.45, 2.75) is 14.7 Å². The molecule has 2 aromatic rings. The maximum atomic E-state index is 12.7. The maximum absolute atomic E-state index is 12.7. The number of anilines is 2. The van der Waals surface area contributed by atoms with Crippen molar-refractivity contribution in [2.24, 2.45) is 4.53 Å². The molecule has 1 aliphatic heterocycles. The Balaban J connectivity index is 2.30. The van der Waals surface area contributed by atoms with Gasteiger partial charge in [0.15, 0.2) is 5.13 Å². The number of benzene rings is 1. The lowest BCUT2D eigenvalue weighted by molar-refractivity contribution is -0.143. The van der Waals surface area contributed by atoms with Crippen LogP contribution in [-0.4, -0.2) is 25.2 Å². The number of carbonyl (C=O) groups excluding carboxylic acids is 1. The standard InChI is InChI=1S/C13H14N4O3S3/c1-19-11(18)13(9-6-22-12(14)15-9)16-10-7(21)4-3-5-8(10)23(13)17-20-2/h3-6,16,21H,1-2H3,(H2,14,15). The molecule has 2 atom stereocenters. The van der Waals surface area contributed by atoms with E-state index in [1.165, 1.54) is 25.6 Å². The molecule has 3 N–H and O–H groups in total. The lowest BCUT2D eigenvalue weighted by atomic mass is 10.2. The number of thiazole rings is 1. The number of hydrogen-bond donors (Lipinski definition) is 3. The molecule has 0 fully saturated rings. The molecule has 10 heteroatoms. The second-order valence-corrected chi connectivity index (χ2v) is 7.70. The second-order valence-electron chi connectivity index (χ2n) is 4.56. The van der Waals surface area contributed by atoms with Crippen molar-refractivity contribution < 1.29 is 14.4 Å². The molecule has 23 heavy (non-hydrogen) atoms. The van der Waals surface area contributed by atoms with E-state index in [2.05, 4.69) is 27.5 Å². The topological polar surface area (TPSA) is 98.8 Å². The van der Waals surface area contributed by atoms with Crippen molar-refractivity contribution in [3.8, 4) is 0 Å². The van der Waals surface area contributed by atoms with Crippen LogP contribution in [0.15, 0.2) is 37.9 Å². The SMILES string of the molecule is CO/N=S1/c2cccc(S)c2NC1(C(=O)OC)c1csc(N)n1. The van der Waals surface area contributed by atoms with Gasteiger partial charge in [0, 0.05) is 25.9 Å². The number of ether oxygens (including phenoxy) is 1. The summed E-state index contributed by atoms with van der Waals surface area (Å²) in [5.74, 6) is -0.518. The fourth-order valence-electron chi connectivity index (χ4n) is 2.36. The van der Waals surface area contributed by atoms with Crippen LogP contribution in [0.2, 0.25) is 0 Å². The number of para-hydroxylation sites is 1. The molecule has 0 radical (unpaired) electrons. The zero-order valence-electron chi connectivity index (χ0n) is 12.3. The van der Waals surface area contributed by atoms with E-state index in [1.54, 1.807) is 5.38 Å². The smallest absolute Gasteiger partial charge is 0.350 e. The molecule has 1 aliphatic rings. The molecule has 2 heterocycles. The van der Waals surface area contributed by atoms with Gasteiger partial charge in [0.25, 0.3) is 0 Å². The number of carbonyl (C=O) groups is 1. The lowest BCUT2D eigenvalue weighted by Crippen LogP contribution is -2.45. The predicted octanol–water partition coefficient (Wildman–Crippen LogP) is 2.19. The van der Waals surface area contributed by atoms with E-state index >= 15 is 0 Å². The minimum atomic E-state index is -1.32. The van der Waals surface area contributed by atoms with Crippen molar-refractivity contribution in [3.05, 3.63) is 29.3 Å². The van der Waals surface area contributed by atoms with Gasteiger partial charge in [-0.25, -0.2) is 14.6 Å². The highest BCUT2D eigenvalue weighted by molar-refractivity contribution is 7.89. The number of nitrogens with two attached hydrogens (primary N) is 1. The van der Waals surface area contributed by atoms with E-state index in [1.807, 2.05) is 18.2 Å². The first-order chi connectivity index (χ1) is 11.0. The van der Waals surface area contributed by atoms with Gasteiger partial charge >= 0.3 is 5.97 Å². The molecular formula is C13H14N4O3S3. The summed E-state index contributed by atoms with van der Waals surface area (Å²) in [6.45, 7) is 0. The Bertz CT molecular complexity index is 808. The zero-order valence-corrected chi connectivity index (χ0v) is 14.8. The fourth-order valence-corrected chi connectivity index (χ4v) is 5.36. The molecule has 2 unspecified atom stereocenters. The first kappa shape index (κ1) is 16.2. The van der Waals surface area contributed by atoms with Crippen LogP contribution in [0, 0.1) is 0 Å². The molecule has 1 aromatic heterocycles. The molecule has 0 bridgehead atoms. The minimum absolute atomic E-state index is 0.355.